The maximum Gasteiger partial charge on any atom is 0.249 e. The smallest absolute Gasteiger partial charge is 0.249 e. The Balaban J connectivity index is 1.43. The van der Waals surface area contributed by atoms with Crippen LogP contribution in [0.3, 0.4) is 0 Å². The molecule has 3 fully saturated rings. The first kappa shape index (κ1) is 19.6. The zero-order valence-electron chi connectivity index (χ0n) is 18.1. The van der Waals surface area contributed by atoms with Crippen molar-refractivity contribution < 1.29 is 4.79 Å². The fourth-order valence-corrected chi connectivity index (χ4v) is 6.28. The topological polar surface area (TPSA) is 26.8 Å². The molecule has 2 aromatic carbocycles. The number of para-hydroxylation sites is 1. The summed E-state index contributed by atoms with van der Waals surface area (Å²) in [5.41, 5.74) is 2.39. The van der Waals surface area contributed by atoms with Gasteiger partial charge in [0.25, 0.3) is 0 Å². The Labute approximate surface area is 180 Å². The average molecular weight is 404 g/mol. The van der Waals surface area contributed by atoms with Crippen LogP contribution in [-0.2, 0) is 10.3 Å². The molecule has 1 saturated carbocycles. The van der Waals surface area contributed by atoms with Crippen LogP contribution in [0.1, 0.15) is 50.5 Å². The van der Waals surface area contributed by atoms with Gasteiger partial charge in [-0.2, -0.15) is 0 Å². The third-order valence-electron chi connectivity index (χ3n) is 7.87. The third-order valence-corrected chi connectivity index (χ3v) is 7.87. The lowest BCUT2D eigenvalue weighted by Crippen LogP contribution is -2.60. The largest absolute Gasteiger partial charge is 0.339 e. The summed E-state index contributed by atoms with van der Waals surface area (Å²) in [6, 6.07) is 21.6. The van der Waals surface area contributed by atoms with Gasteiger partial charge in [0, 0.05) is 31.4 Å². The first-order chi connectivity index (χ1) is 14.7. The number of anilines is 1. The van der Waals surface area contributed by atoms with E-state index in [-0.39, 0.29) is 11.1 Å². The van der Waals surface area contributed by atoms with Crippen LogP contribution < -0.4 is 4.90 Å². The predicted octanol–water partition coefficient (Wildman–Crippen LogP) is 4.62. The zero-order chi connectivity index (χ0) is 20.6. The molecule has 2 saturated heterocycles. The lowest BCUT2D eigenvalue weighted by atomic mass is 9.73. The summed E-state index contributed by atoms with van der Waals surface area (Å²) >= 11 is 0. The van der Waals surface area contributed by atoms with E-state index in [0.717, 1.165) is 25.9 Å². The second-order valence-corrected chi connectivity index (χ2v) is 9.39. The van der Waals surface area contributed by atoms with Gasteiger partial charge in [-0.25, -0.2) is 0 Å². The molecule has 2 aromatic rings. The zero-order valence-corrected chi connectivity index (χ0v) is 18.1. The van der Waals surface area contributed by atoms with Gasteiger partial charge in [-0.15, -0.1) is 0 Å². The second-order valence-electron chi connectivity index (χ2n) is 9.39. The highest BCUT2D eigenvalue weighted by atomic mass is 16.2. The van der Waals surface area contributed by atoms with E-state index < -0.39 is 0 Å². The van der Waals surface area contributed by atoms with Crippen molar-refractivity contribution in [3.05, 3.63) is 66.2 Å². The summed E-state index contributed by atoms with van der Waals surface area (Å²) in [5.74, 6) is 0.295. The molecule has 0 unspecified atom stereocenters. The molecule has 0 radical (unpaired) electrons. The summed E-state index contributed by atoms with van der Waals surface area (Å²) in [4.78, 5) is 20.4. The molecule has 2 heterocycles. The summed E-state index contributed by atoms with van der Waals surface area (Å²) in [5, 5.41) is 0. The molecule has 4 nitrogen and oxygen atoms in total. The average Bonchev–Trinajstić information content (AvgIpc) is 3.06. The Hall–Kier alpha value is -2.33. The van der Waals surface area contributed by atoms with E-state index in [1.165, 1.54) is 43.4 Å². The quantitative estimate of drug-likeness (QED) is 0.748. The van der Waals surface area contributed by atoms with Crippen LogP contribution in [0.25, 0.3) is 0 Å². The molecule has 1 aliphatic carbocycles. The third kappa shape index (κ3) is 3.04. The molecule has 0 bridgehead atoms. The predicted molar refractivity (Wildman–Crippen MR) is 121 cm³/mol. The number of likely N-dealkylation sites (tertiary alicyclic amines) is 1. The van der Waals surface area contributed by atoms with Crippen molar-refractivity contribution >= 4 is 11.6 Å². The molecule has 3 aliphatic rings. The van der Waals surface area contributed by atoms with Gasteiger partial charge in [-0.1, -0.05) is 67.8 Å². The number of hydrogen-bond donors (Lipinski definition) is 0. The van der Waals surface area contributed by atoms with Gasteiger partial charge in [0.15, 0.2) is 0 Å². The second kappa shape index (κ2) is 7.73. The van der Waals surface area contributed by atoms with Crippen molar-refractivity contribution in [2.24, 2.45) is 0 Å². The van der Waals surface area contributed by atoms with Gasteiger partial charge in [0.05, 0.1) is 6.67 Å². The number of carbonyl (C=O) groups excluding carboxylic acids is 1. The molecule has 30 heavy (non-hydrogen) atoms. The first-order valence-corrected chi connectivity index (χ1v) is 11.5. The summed E-state index contributed by atoms with van der Waals surface area (Å²) in [7, 11) is 1.95. The molecule has 158 valence electrons. The molecule has 0 atom stereocenters. The van der Waals surface area contributed by atoms with Gasteiger partial charge in [-0.05, 0) is 43.4 Å². The van der Waals surface area contributed by atoms with E-state index in [1.54, 1.807) is 0 Å². The molecule has 1 spiro atoms. The van der Waals surface area contributed by atoms with E-state index in [1.807, 2.05) is 18.0 Å². The standard InChI is InChI=1S/C26H33N3O/c1-27-21-29(23-13-7-3-8-14-23)26(24(27)30)17-19-28(20-18-26)25(15-9-4-10-16-25)22-11-5-2-6-12-22/h2-3,5-8,11-14H,4,9-10,15-21H2,1H3. The number of carbonyl (C=O) groups is 1. The maximum absolute atomic E-state index is 13.4. The van der Waals surface area contributed by atoms with Crippen LogP contribution >= 0.6 is 0 Å². The van der Waals surface area contributed by atoms with Gasteiger partial charge < -0.3 is 9.80 Å². The number of piperidine rings is 1. The molecular formula is C26H33N3O. The minimum Gasteiger partial charge on any atom is -0.339 e. The van der Waals surface area contributed by atoms with Crippen LogP contribution in [0.2, 0.25) is 0 Å². The Kier molecular flexibility index (Phi) is 5.06. The monoisotopic (exact) mass is 403 g/mol. The molecular weight excluding hydrogens is 370 g/mol. The van der Waals surface area contributed by atoms with Crippen LogP contribution in [0.5, 0.6) is 0 Å². The fraction of sp³-hybridized carbons (Fsp3) is 0.500. The number of rotatable bonds is 3. The number of nitrogens with zero attached hydrogens (tertiary/aromatic N) is 3. The number of hydrogen-bond acceptors (Lipinski definition) is 3. The summed E-state index contributed by atoms with van der Waals surface area (Å²) in [6.45, 7) is 2.66. The fourth-order valence-electron chi connectivity index (χ4n) is 6.28. The SMILES string of the molecule is CN1CN(c2ccccc2)C2(CCN(C3(c4ccccc4)CCCCC3)CC2)C1=O. The number of likely N-dealkylation sites (N-methyl/N-ethyl adjacent to an activating group) is 1. The van der Waals surface area contributed by atoms with E-state index in [0.29, 0.717) is 12.6 Å². The molecule has 5 rings (SSSR count). The van der Waals surface area contributed by atoms with Gasteiger partial charge >= 0.3 is 0 Å². The highest BCUT2D eigenvalue weighted by Gasteiger charge is 2.54. The summed E-state index contributed by atoms with van der Waals surface area (Å²) < 4.78 is 0. The van der Waals surface area contributed by atoms with Crippen LogP contribution in [0.4, 0.5) is 5.69 Å². The normalized spacial score (nSPS) is 23.8. The number of benzene rings is 2. The lowest BCUT2D eigenvalue weighted by Gasteiger charge is -2.52. The molecule has 2 aliphatic heterocycles. The first-order valence-electron chi connectivity index (χ1n) is 11.5. The van der Waals surface area contributed by atoms with Crippen molar-refractivity contribution in [3.63, 3.8) is 0 Å². The van der Waals surface area contributed by atoms with Crippen molar-refractivity contribution in [2.75, 3.05) is 31.7 Å². The molecule has 0 aromatic heterocycles. The van der Waals surface area contributed by atoms with E-state index in [4.69, 9.17) is 0 Å². The van der Waals surface area contributed by atoms with Crippen molar-refractivity contribution in [1.29, 1.82) is 0 Å². The Bertz CT molecular complexity index is 868. The lowest BCUT2D eigenvalue weighted by molar-refractivity contribution is -0.133. The molecule has 1 amide bonds. The highest BCUT2D eigenvalue weighted by molar-refractivity contribution is 5.93. The van der Waals surface area contributed by atoms with E-state index in [2.05, 4.69) is 64.4 Å². The minimum atomic E-state index is -0.390. The Morgan fingerprint density at radius 2 is 1.33 bits per heavy atom. The van der Waals surface area contributed by atoms with Crippen molar-refractivity contribution in [1.82, 2.24) is 9.80 Å². The Morgan fingerprint density at radius 1 is 0.733 bits per heavy atom. The summed E-state index contributed by atoms with van der Waals surface area (Å²) in [6.07, 6.45) is 8.22. The van der Waals surface area contributed by atoms with E-state index >= 15 is 0 Å². The number of amides is 1. The van der Waals surface area contributed by atoms with Crippen LogP contribution in [0, 0.1) is 0 Å². The Morgan fingerprint density at radius 3 is 1.97 bits per heavy atom. The highest BCUT2D eigenvalue weighted by Crippen LogP contribution is 2.46. The van der Waals surface area contributed by atoms with Crippen LogP contribution in [0.15, 0.2) is 60.7 Å². The van der Waals surface area contributed by atoms with Crippen LogP contribution in [-0.4, -0.2) is 48.1 Å². The van der Waals surface area contributed by atoms with Gasteiger partial charge in [0.1, 0.15) is 5.54 Å². The maximum atomic E-state index is 13.4. The molecule has 0 N–H and O–H groups in total. The van der Waals surface area contributed by atoms with Crippen molar-refractivity contribution in [2.45, 2.75) is 56.0 Å². The van der Waals surface area contributed by atoms with Gasteiger partial charge in [-0.3, -0.25) is 9.69 Å². The minimum absolute atomic E-state index is 0.145. The van der Waals surface area contributed by atoms with Gasteiger partial charge in [0.2, 0.25) is 5.91 Å². The molecule has 4 heteroatoms. The van der Waals surface area contributed by atoms with Crippen molar-refractivity contribution in [3.8, 4) is 0 Å². The van der Waals surface area contributed by atoms with E-state index in [9.17, 15) is 4.79 Å².